The number of nitrogens with zero attached hydrogens (tertiary/aromatic N) is 1. The molecular formula is C13H11ClN2O5. The van der Waals surface area contributed by atoms with Crippen LogP contribution in [0.25, 0.3) is 11.1 Å². The monoisotopic (exact) mass is 310 g/mol. The fourth-order valence-electron chi connectivity index (χ4n) is 1.55. The van der Waals surface area contributed by atoms with Crippen LogP contribution < -0.4 is 5.32 Å². The number of fused-ring (bicyclic) bond motifs is 1. The third-order valence-corrected chi connectivity index (χ3v) is 2.87. The second-order valence-corrected chi connectivity index (χ2v) is 4.26. The van der Waals surface area contributed by atoms with Gasteiger partial charge >= 0.3 is 11.9 Å². The van der Waals surface area contributed by atoms with Crippen LogP contribution in [0.4, 0.5) is 5.69 Å². The number of halogens is 1. The molecule has 0 fully saturated rings. The molecule has 21 heavy (non-hydrogen) atoms. The summed E-state index contributed by atoms with van der Waals surface area (Å²) in [5.41, 5.74) is 1.29. The Morgan fingerprint density at radius 3 is 2.76 bits per heavy atom. The molecule has 0 aliphatic heterocycles. The average Bonchev–Trinajstić information content (AvgIpc) is 2.92. The van der Waals surface area contributed by atoms with Gasteiger partial charge in [-0.05, 0) is 6.07 Å². The predicted molar refractivity (Wildman–Crippen MR) is 74.8 cm³/mol. The summed E-state index contributed by atoms with van der Waals surface area (Å²) in [5.74, 6) is -1.45. The molecule has 0 spiro atoms. The van der Waals surface area contributed by atoms with E-state index < -0.39 is 11.9 Å². The Labute approximate surface area is 124 Å². The molecule has 2 rings (SSSR count). The van der Waals surface area contributed by atoms with E-state index >= 15 is 0 Å². The molecule has 0 aliphatic rings. The average molecular weight is 311 g/mol. The number of carbonyl (C=O) groups excluding carboxylic acids is 2. The van der Waals surface area contributed by atoms with Crippen molar-refractivity contribution >= 4 is 40.3 Å². The number of ether oxygens (including phenoxy) is 2. The Hall–Kier alpha value is -2.54. The number of methoxy groups -OCH3 is 2. The van der Waals surface area contributed by atoms with Crippen LogP contribution in [-0.2, 0) is 19.1 Å². The molecule has 0 aliphatic carbocycles. The Kier molecular flexibility index (Phi) is 4.44. The molecule has 8 heteroatoms. The lowest BCUT2D eigenvalue weighted by atomic mass is 10.2. The zero-order chi connectivity index (χ0) is 15.4. The summed E-state index contributed by atoms with van der Waals surface area (Å²) in [6.07, 6.45) is 2.24. The fraction of sp³-hybridized carbons (Fsp3) is 0.154. The van der Waals surface area contributed by atoms with E-state index in [-0.39, 0.29) is 5.70 Å². The maximum atomic E-state index is 11.7. The topological polar surface area (TPSA) is 90.7 Å². The van der Waals surface area contributed by atoms with E-state index in [0.717, 1.165) is 6.08 Å². The molecule has 1 aromatic carbocycles. The summed E-state index contributed by atoms with van der Waals surface area (Å²) in [4.78, 5) is 26.9. The molecule has 0 radical (unpaired) electrons. The van der Waals surface area contributed by atoms with Crippen molar-refractivity contribution in [3.63, 3.8) is 0 Å². The maximum absolute atomic E-state index is 11.7. The van der Waals surface area contributed by atoms with Crippen molar-refractivity contribution in [3.05, 3.63) is 35.3 Å². The van der Waals surface area contributed by atoms with Crippen LogP contribution >= 0.6 is 11.6 Å². The van der Waals surface area contributed by atoms with Crippen LogP contribution in [0.2, 0.25) is 5.02 Å². The van der Waals surface area contributed by atoms with Gasteiger partial charge < -0.3 is 19.2 Å². The molecule has 0 atom stereocenters. The van der Waals surface area contributed by atoms with Crippen LogP contribution in [0.1, 0.15) is 0 Å². The predicted octanol–water partition coefficient (Wildman–Crippen LogP) is 2.12. The summed E-state index contributed by atoms with van der Waals surface area (Å²) in [5, 5.41) is 3.01. The first-order valence-corrected chi connectivity index (χ1v) is 6.10. The minimum absolute atomic E-state index is 0.120. The number of nitrogens with one attached hydrogen (secondary N) is 1. The number of carbonyl (C=O) groups is 2. The SMILES string of the molecule is COC(=O)/C=C(/Nc1cc2ocnc2cc1Cl)C(=O)OC. The lowest BCUT2D eigenvalue weighted by Gasteiger charge is -2.10. The van der Waals surface area contributed by atoms with E-state index in [1.807, 2.05) is 0 Å². The van der Waals surface area contributed by atoms with Gasteiger partial charge in [-0.15, -0.1) is 0 Å². The Morgan fingerprint density at radius 2 is 2.10 bits per heavy atom. The van der Waals surface area contributed by atoms with Crippen molar-refractivity contribution in [1.29, 1.82) is 0 Å². The zero-order valence-corrected chi connectivity index (χ0v) is 11.9. The molecule has 1 aromatic heterocycles. The minimum atomic E-state index is -0.742. The molecule has 0 amide bonds. The van der Waals surface area contributed by atoms with Gasteiger partial charge in [-0.25, -0.2) is 14.6 Å². The van der Waals surface area contributed by atoms with Crippen molar-refractivity contribution in [2.24, 2.45) is 0 Å². The maximum Gasteiger partial charge on any atom is 0.354 e. The van der Waals surface area contributed by atoms with Gasteiger partial charge in [0.05, 0.1) is 31.0 Å². The van der Waals surface area contributed by atoms with E-state index in [1.54, 1.807) is 12.1 Å². The molecule has 1 N–H and O–H groups in total. The first kappa shape index (κ1) is 14.9. The summed E-state index contributed by atoms with van der Waals surface area (Å²) < 4.78 is 14.2. The number of benzene rings is 1. The normalized spacial score (nSPS) is 11.3. The molecule has 2 aromatic rings. The highest BCUT2D eigenvalue weighted by Crippen LogP contribution is 2.28. The van der Waals surface area contributed by atoms with Gasteiger partial charge in [0, 0.05) is 6.07 Å². The molecule has 0 unspecified atom stereocenters. The van der Waals surface area contributed by atoms with Crippen LogP contribution in [0.5, 0.6) is 0 Å². The number of anilines is 1. The smallest absolute Gasteiger partial charge is 0.354 e. The van der Waals surface area contributed by atoms with Crippen molar-refractivity contribution < 1.29 is 23.5 Å². The lowest BCUT2D eigenvalue weighted by molar-refractivity contribution is -0.138. The number of aromatic nitrogens is 1. The highest BCUT2D eigenvalue weighted by molar-refractivity contribution is 6.34. The summed E-state index contributed by atoms with van der Waals surface area (Å²) >= 11 is 6.08. The summed E-state index contributed by atoms with van der Waals surface area (Å²) in [6.45, 7) is 0. The highest BCUT2D eigenvalue weighted by atomic mass is 35.5. The quantitative estimate of drug-likeness (QED) is 0.683. The molecule has 0 bridgehead atoms. The first-order valence-electron chi connectivity index (χ1n) is 5.73. The second-order valence-electron chi connectivity index (χ2n) is 3.85. The van der Waals surface area contributed by atoms with Crippen molar-refractivity contribution in [2.75, 3.05) is 19.5 Å². The van der Waals surface area contributed by atoms with Crippen LogP contribution in [-0.4, -0.2) is 31.1 Å². The van der Waals surface area contributed by atoms with Gasteiger partial charge in [-0.1, -0.05) is 11.6 Å². The Bertz CT molecular complexity index is 722. The molecule has 1 heterocycles. The molecule has 110 valence electrons. The van der Waals surface area contributed by atoms with E-state index in [0.29, 0.717) is 21.8 Å². The van der Waals surface area contributed by atoms with Crippen molar-refractivity contribution in [1.82, 2.24) is 4.98 Å². The largest absolute Gasteiger partial charge is 0.466 e. The van der Waals surface area contributed by atoms with Crippen LogP contribution in [0.3, 0.4) is 0 Å². The summed E-state index contributed by atoms with van der Waals surface area (Å²) in [6, 6.07) is 3.12. The minimum Gasteiger partial charge on any atom is -0.466 e. The first-order chi connectivity index (χ1) is 10.0. The fourth-order valence-corrected chi connectivity index (χ4v) is 1.76. The number of hydrogen-bond donors (Lipinski definition) is 1. The second kappa shape index (κ2) is 6.27. The van der Waals surface area contributed by atoms with E-state index in [9.17, 15) is 9.59 Å². The number of rotatable bonds is 4. The van der Waals surface area contributed by atoms with Gasteiger partial charge in [-0.2, -0.15) is 0 Å². The number of oxazole rings is 1. The van der Waals surface area contributed by atoms with Crippen LogP contribution in [0.15, 0.2) is 34.7 Å². The van der Waals surface area contributed by atoms with E-state index in [1.165, 1.54) is 20.6 Å². The van der Waals surface area contributed by atoms with Crippen molar-refractivity contribution in [3.8, 4) is 0 Å². The lowest BCUT2D eigenvalue weighted by Crippen LogP contribution is -2.15. The Morgan fingerprint density at radius 1 is 1.33 bits per heavy atom. The van der Waals surface area contributed by atoms with Gasteiger partial charge in [0.15, 0.2) is 12.0 Å². The van der Waals surface area contributed by atoms with E-state index in [4.69, 9.17) is 16.0 Å². The third-order valence-electron chi connectivity index (χ3n) is 2.56. The Balaban J connectivity index is 2.38. The molecule has 0 saturated heterocycles. The van der Waals surface area contributed by atoms with Crippen molar-refractivity contribution in [2.45, 2.75) is 0 Å². The number of hydrogen-bond acceptors (Lipinski definition) is 7. The zero-order valence-electron chi connectivity index (χ0n) is 11.2. The van der Waals surface area contributed by atoms with Crippen LogP contribution in [0, 0.1) is 0 Å². The third kappa shape index (κ3) is 3.32. The van der Waals surface area contributed by atoms with E-state index in [2.05, 4.69) is 19.8 Å². The standard InChI is InChI=1S/C13H11ClN2O5/c1-19-12(17)5-10(13(18)20-2)16-8-4-11-9(3-7(8)14)15-6-21-11/h3-6,16H,1-2H3/b10-5+. The molecule has 0 saturated carbocycles. The van der Waals surface area contributed by atoms with Gasteiger partial charge in [0.1, 0.15) is 11.2 Å². The van der Waals surface area contributed by atoms with Gasteiger partial charge in [0.2, 0.25) is 0 Å². The highest BCUT2D eigenvalue weighted by Gasteiger charge is 2.15. The van der Waals surface area contributed by atoms with Gasteiger partial charge in [-0.3, -0.25) is 0 Å². The number of esters is 2. The van der Waals surface area contributed by atoms with Gasteiger partial charge in [0.25, 0.3) is 0 Å². The molecule has 7 nitrogen and oxygen atoms in total. The molecular weight excluding hydrogens is 300 g/mol. The summed E-state index contributed by atoms with van der Waals surface area (Å²) in [7, 11) is 2.39.